The van der Waals surface area contributed by atoms with Crippen LogP contribution >= 0.6 is 0 Å². The third kappa shape index (κ3) is 4.33. The molecule has 0 aliphatic carbocycles. The van der Waals surface area contributed by atoms with Gasteiger partial charge in [-0.15, -0.1) is 0 Å². The fraction of sp³-hybridized carbons (Fsp3) is 0.571. The summed E-state index contributed by atoms with van der Waals surface area (Å²) in [6.07, 6.45) is 2.15. The Morgan fingerprint density at radius 2 is 2.06 bits per heavy atom. The molecular weight excluding hydrogens is 196 g/mol. The van der Waals surface area contributed by atoms with Gasteiger partial charge in [0.15, 0.2) is 0 Å². The number of nitrogens with two attached hydrogens (primary N) is 1. The third-order valence-electron chi connectivity index (χ3n) is 2.99. The number of benzene rings is 1. The van der Waals surface area contributed by atoms with Gasteiger partial charge in [-0.3, -0.25) is 0 Å². The van der Waals surface area contributed by atoms with E-state index in [0.717, 1.165) is 25.9 Å². The van der Waals surface area contributed by atoms with Crippen molar-refractivity contribution in [2.75, 3.05) is 13.1 Å². The van der Waals surface area contributed by atoms with Gasteiger partial charge in [0.2, 0.25) is 0 Å². The summed E-state index contributed by atoms with van der Waals surface area (Å²) in [5, 5.41) is 3.50. The predicted octanol–water partition coefficient (Wildman–Crippen LogP) is 2.17. The lowest BCUT2D eigenvalue weighted by Gasteiger charge is -2.13. The quantitative estimate of drug-likeness (QED) is 0.771. The van der Waals surface area contributed by atoms with E-state index in [-0.39, 0.29) is 0 Å². The van der Waals surface area contributed by atoms with Crippen molar-refractivity contribution >= 4 is 0 Å². The molecule has 0 aliphatic heterocycles. The smallest absolute Gasteiger partial charge is 0.00508 e. The molecule has 1 rings (SSSR count). The van der Waals surface area contributed by atoms with Gasteiger partial charge in [0.1, 0.15) is 0 Å². The molecule has 1 unspecified atom stereocenters. The van der Waals surface area contributed by atoms with Gasteiger partial charge in [-0.05, 0) is 57.8 Å². The van der Waals surface area contributed by atoms with Crippen LogP contribution < -0.4 is 11.1 Å². The van der Waals surface area contributed by atoms with Crippen LogP contribution in [-0.2, 0) is 6.42 Å². The maximum Gasteiger partial charge on any atom is 0.00508 e. The summed E-state index contributed by atoms with van der Waals surface area (Å²) in [4.78, 5) is 0. The van der Waals surface area contributed by atoms with E-state index in [2.05, 4.69) is 44.3 Å². The van der Waals surface area contributed by atoms with Crippen LogP contribution in [0, 0.1) is 13.8 Å². The second-order valence-corrected chi connectivity index (χ2v) is 4.61. The van der Waals surface area contributed by atoms with Gasteiger partial charge < -0.3 is 11.1 Å². The first-order chi connectivity index (χ1) is 7.63. The van der Waals surface area contributed by atoms with E-state index in [1.54, 1.807) is 0 Å². The summed E-state index contributed by atoms with van der Waals surface area (Å²) in [5.41, 5.74) is 9.70. The van der Waals surface area contributed by atoms with Crippen molar-refractivity contribution in [3.05, 3.63) is 34.9 Å². The van der Waals surface area contributed by atoms with Crippen molar-refractivity contribution in [2.24, 2.45) is 5.73 Å². The van der Waals surface area contributed by atoms with E-state index in [1.165, 1.54) is 16.7 Å². The monoisotopic (exact) mass is 220 g/mol. The van der Waals surface area contributed by atoms with Crippen LogP contribution in [0.4, 0.5) is 0 Å². The molecule has 1 atom stereocenters. The maximum absolute atomic E-state index is 5.52. The highest BCUT2D eigenvalue weighted by Gasteiger charge is 2.01. The first-order valence-corrected chi connectivity index (χ1v) is 6.13. The molecule has 2 heteroatoms. The fourth-order valence-electron chi connectivity index (χ4n) is 1.87. The minimum absolute atomic E-state index is 0.523. The van der Waals surface area contributed by atoms with E-state index >= 15 is 0 Å². The lowest BCUT2D eigenvalue weighted by molar-refractivity contribution is 0.523. The van der Waals surface area contributed by atoms with Crippen molar-refractivity contribution in [1.82, 2.24) is 5.32 Å². The van der Waals surface area contributed by atoms with Gasteiger partial charge >= 0.3 is 0 Å². The molecule has 16 heavy (non-hydrogen) atoms. The van der Waals surface area contributed by atoms with Gasteiger partial charge in [-0.25, -0.2) is 0 Å². The minimum Gasteiger partial charge on any atom is -0.330 e. The molecule has 0 bridgehead atoms. The van der Waals surface area contributed by atoms with Crippen molar-refractivity contribution in [2.45, 2.75) is 39.7 Å². The molecule has 0 saturated carbocycles. The first-order valence-electron chi connectivity index (χ1n) is 6.13. The van der Waals surface area contributed by atoms with Crippen molar-refractivity contribution in [1.29, 1.82) is 0 Å². The average Bonchev–Trinajstić information content (AvgIpc) is 2.23. The Morgan fingerprint density at radius 3 is 2.75 bits per heavy atom. The zero-order valence-corrected chi connectivity index (χ0v) is 10.7. The Bertz CT molecular complexity index is 321. The standard InChI is InChI=1S/C14H24N2/c1-11-4-5-12(2)14(10-11)7-9-16-13(3)6-8-15/h4-5,10,13,16H,6-9,15H2,1-3H3. The van der Waals surface area contributed by atoms with Gasteiger partial charge in [-0.2, -0.15) is 0 Å². The number of hydrogen-bond acceptors (Lipinski definition) is 2. The molecule has 0 aliphatic rings. The predicted molar refractivity (Wildman–Crippen MR) is 70.8 cm³/mol. The molecule has 3 N–H and O–H groups in total. The van der Waals surface area contributed by atoms with Crippen molar-refractivity contribution in [3.8, 4) is 0 Å². The molecular formula is C14H24N2. The minimum atomic E-state index is 0.523. The number of hydrogen-bond donors (Lipinski definition) is 2. The number of rotatable bonds is 6. The van der Waals surface area contributed by atoms with Crippen LogP contribution in [0.1, 0.15) is 30.0 Å². The van der Waals surface area contributed by atoms with Crippen LogP contribution in [-0.4, -0.2) is 19.1 Å². The molecule has 0 fully saturated rings. The lowest BCUT2D eigenvalue weighted by Crippen LogP contribution is -2.30. The highest BCUT2D eigenvalue weighted by Crippen LogP contribution is 2.10. The average molecular weight is 220 g/mol. The molecule has 90 valence electrons. The summed E-state index contributed by atoms with van der Waals surface area (Å²) in [6.45, 7) is 8.31. The van der Waals surface area contributed by atoms with Crippen LogP contribution in [0.3, 0.4) is 0 Å². The van der Waals surface area contributed by atoms with Crippen LogP contribution in [0.5, 0.6) is 0 Å². The summed E-state index contributed by atoms with van der Waals surface area (Å²) in [5.74, 6) is 0. The maximum atomic E-state index is 5.52. The van der Waals surface area contributed by atoms with Crippen molar-refractivity contribution < 1.29 is 0 Å². The van der Waals surface area contributed by atoms with E-state index in [0.29, 0.717) is 6.04 Å². The Hall–Kier alpha value is -0.860. The lowest BCUT2D eigenvalue weighted by atomic mass is 10.0. The summed E-state index contributed by atoms with van der Waals surface area (Å²) in [6, 6.07) is 7.18. The van der Waals surface area contributed by atoms with E-state index in [1.807, 2.05) is 0 Å². The highest BCUT2D eigenvalue weighted by atomic mass is 14.9. The molecule has 0 amide bonds. The van der Waals surface area contributed by atoms with Crippen LogP contribution in [0.2, 0.25) is 0 Å². The Kier molecular flexibility index (Phi) is 5.50. The van der Waals surface area contributed by atoms with Gasteiger partial charge in [0.05, 0.1) is 0 Å². The Morgan fingerprint density at radius 1 is 1.31 bits per heavy atom. The zero-order valence-electron chi connectivity index (χ0n) is 10.7. The molecule has 1 aromatic carbocycles. The Labute approximate surface area is 99.2 Å². The fourth-order valence-corrected chi connectivity index (χ4v) is 1.87. The Balaban J connectivity index is 2.39. The molecule has 1 aromatic rings. The number of aryl methyl sites for hydroxylation is 2. The largest absolute Gasteiger partial charge is 0.330 e. The summed E-state index contributed by atoms with van der Waals surface area (Å²) in [7, 11) is 0. The normalized spacial score (nSPS) is 12.8. The van der Waals surface area contributed by atoms with Gasteiger partial charge in [-0.1, -0.05) is 23.8 Å². The first kappa shape index (κ1) is 13.2. The zero-order chi connectivity index (χ0) is 12.0. The second-order valence-electron chi connectivity index (χ2n) is 4.61. The molecule has 2 nitrogen and oxygen atoms in total. The molecule has 0 spiro atoms. The van der Waals surface area contributed by atoms with E-state index < -0.39 is 0 Å². The van der Waals surface area contributed by atoms with Crippen LogP contribution in [0.25, 0.3) is 0 Å². The highest BCUT2D eigenvalue weighted by molar-refractivity contribution is 5.30. The van der Waals surface area contributed by atoms with E-state index in [9.17, 15) is 0 Å². The third-order valence-corrected chi connectivity index (χ3v) is 2.99. The SMILES string of the molecule is Cc1ccc(C)c(CCNC(C)CCN)c1. The number of nitrogens with one attached hydrogen (secondary N) is 1. The topological polar surface area (TPSA) is 38.0 Å². The summed E-state index contributed by atoms with van der Waals surface area (Å²) >= 11 is 0. The van der Waals surface area contributed by atoms with Crippen LogP contribution in [0.15, 0.2) is 18.2 Å². The molecule has 0 heterocycles. The molecule has 0 aromatic heterocycles. The summed E-state index contributed by atoms with van der Waals surface area (Å²) < 4.78 is 0. The van der Waals surface area contributed by atoms with Crippen molar-refractivity contribution in [3.63, 3.8) is 0 Å². The van der Waals surface area contributed by atoms with Gasteiger partial charge in [0.25, 0.3) is 0 Å². The molecule has 0 saturated heterocycles. The molecule has 0 radical (unpaired) electrons. The second kappa shape index (κ2) is 6.66. The van der Waals surface area contributed by atoms with Gasteiger partial charge in [0, 0.05) is 6.04 Å². The van der Waals surface area contributed by atoms with E-state index in [4.69, 9.17) is 5.73 Å².